The number of anilines is 1. The van der Waals surface area contributed by atoms with E-state index in [1.165, 1.54) is 11.8 Å². The van der Waals surface area contributed by atoms with Gasteiger partial charge in [0.1, 0.15) is 6.33 Å². The summed E-state index contributed by atoms with van der Waals surface area (Å²) in [5.74, 6) is -0.136. The molecule has 1 heterocycles. The van der Waals surface area contributed by atoms with Gasteiger partial charge in [-0.05, 0) is 48.9 Å². The Morgan fingerprint density at radius 2 is 1.83 bits per heavy atom. The summed E-state index contributed by atoms with van der Waals surface area (Å²) in [6, 6.07) is 13.9. The molecule has 0 aliphatic carbocycles. The molecule has 7 nitrogen and oxygen atoms in total. The topological polar surface area (TPSA) is 88.9 Å². The zero-order valence-electron chi connectivity index (χ0n) is 15.9. The van der Waals surface area contributed by atoms with Crippen LogP contribution in [0.15, 0.2) is 60.0 Å². The Labute approximate surface area is 177 Å². The highest BCUT2D eigenvalue weighted by Crippen LogP contribution is 2.18. The second-order valence-electron chi connectivity index (χ2n) is 6.39. The molecular formula is C20H20ClN5O2S. The highest BCUT2D eigenvalue weighted by molar-refractivity contribution is 7.99. The molecule has 150 valence electrons. The van der Waals surface area contributed by atoms with Crippen molar-refractivity contribution in [2.24, 2.45) is 7.05 Å². The van der Waals surface area contributed by atoms with Crippen LogP contribution >= 0.6 is 23.4 Å². The van der Waals surface area contributed by atoms with Crippen molar-refractivity contribution in [2.45, 2.75) is 18.1 Å². The second-order valence-corrected chi connectivity index (χ2v) is 7.76. The molecule has 29 heavy (non-hydrogen) atoms. The number of nitrogens with zero attached hydrogens (tertiary/aromatic N) is 3. The Kier molecular flexibility index (Phi) is 6.90. The van der Waals surface area contributed by atoms with E-state index < -0.39 is 0 Å². The molecule has 3 rings (SSSR count). The number of aryl methyl sites for hydroxylation is 1. The maximum atomic E-state index is 12.5. The van der Waals surface area contributed by atoms with Gasteiger partial charge in [0.15, 0.2) is 5.16 Å². The van der Waals surface area contributed by atoms with E-state index in [1.807, 2.05) is 26.1 Å². The SMILES string of the molecule is CC(NC(=O)c1ccc(NC(=O)CSc2nncn2C)cc1)c1ccc(Cl)cc1. The molecule has 0 radical (unpaired) electrons. The van der Waals surface area contributed by atoms with E-state index in [9.17, 15) is 9.59 Å². The lowest BCUT2D eigenvalue weighted by molar-refractivity contribution is -0.113. The van der Waals surface area contributed by atoms with Crippen molar-refractivity contribution in [1.82, 2.24) is 20.1 Å². The fourth-order valence-electron chi connectivity index (χ4n) is 2.55. The lowest BCUT2D eigenvalue weighted by atomic mass is 10.1. The molecule has 2 aromatic carbocycles. The maximum absolute atomic E-state index is 12.5. The second kappa shape index (κ2) is 9.58. The van der Waals surface area contributed by atoms with Gasteiger partial charge in [-0.1, -0.05) is 35.5 Å². The van der Waals surface area contributed by atoms with Crippen LogP contribution in [-0.4, -0.2) is 32.3 Å². The summed E-state index contributed by atoms with van der Waals surface area (Å²) in [6.45, 7) is 1.91. The van der Waals surface area contributed by atoms with Crippen molar-refractivity contribution in [1.29, 1.82) is 0 Å². The number of carbonyl (C=O) groups is 2. The van der Waals surface area contributed by atoms with Crippen LogP contribution < -0.4 is 10.6 Å². The van der Waals surface area contributed by atoms with Gasteiger partial charge in [0.25, 0.3) is 5.91 Å². The average Bonchev–Trinajstić information content (AvgIpc) is 3.12. The van der Waals surface area contributed by atoms with Crippen molar-refractivity contribution in [3.8, 4) is 0 Å². The molecule has 1 atom stereocenters. The normalized spacial score (nSPS) is 11.7. The number of benzene rings is 2. The van der Waals surface area contributed by atoms with Crippen LogP contribution in [0.5, 0.6) is 0 Å². The van der Waals surface area contributed by atoms with Gasteiger partial charge < -0.3 is 15.2 Å². The molecular weight excluding hydrogens is 410 g/mol. The van der Waals surface area contributed by atoms with E-state index in [0.717, 1.165) is 5.56 Å². The third-order valence-corrected chi connectivity index (χ3v) is 5.44. The van der Waals surface area contributed by atoms with Gasteiger partial charge in [-0.15, -0.1) is 10.2 Å². The summed E-state index contributed by atoms with van der Waals surface area (Å²) in [5, 5.41) is 14.8. The Balaban J connectivity index is 1.52. The lowest BCUT2D eigenvalue weighted by Crippen LogP contribution is -2.26. The van der Waals surface area contributed by atoms with Crippen molar-refractivity contribution < 1.29 is 9.59 Å². The average molecular weight is 430 g/mol. The Hall–Kier alpha value is -2.84. The number of halogens is 1. The summed E-state index contributed by atoms with van der Waals surface area (Å²) >= 11 is 7.20. The Bertz CT molecular complexity index is 989. The molecule has 0 spiro atoms. The number of amides is 2. The van der Waals surface area contributed by atoms with Gasteiger partial charge >= 0.3 is 0 Å². The standard InChI is InChI=1S/C20H20ClN5O2S/c1-13(14-3-7-16(21)8-4-14)23-19(28)15-5-9-17(10-6-15)24-18(27)11-29-20-25-22-12-26(20)2/h3-10,12-13H,11H2,1-2H3,(H,23,28)(H,24,27). The minimum atomic E-state index is -0.192. The molecule has 0 aliphatic rings. The summed E-state index contributed by atoms with van der Waals surface area (Å²) in [4.78, 5) is 24.5. The fourth-order valence-corrected chi connectivity index (χ4v) is 3.36. The Morgan fingerprint density at radius 1 is 1.14 bits per heavy atom. The third-order valence-electron chi connectivity index (χ3n) is 4.15. The molecule has 0 bridgehead atoms. The first-order valence-electron chi connectivity index (χ1n) is 8.85. The summed E-state index contributed by atoms with van der Waals surface area (Å²) in [5.41, 5.74) is 2.10. The van der Waals surface area contributed by atoms with Crippen LogP contribution in [0.4, 0.5) is 5.69 Å². The van der Waals surface area contributed by atoms with Gasteiger partial charge in [0.2, 0.25) is 5.91 Å². The van der Waals surface area contributed by atoms with Crippen molar-refractivity contribution >= 4 is 40.9 Å². The third kappa shape index (κ3) is 5.82. The first-order valence-corrected chi connectivity index (χ1v) is 10.2. The number of hydrogen-bond acceptors (Lipinski definition) is 5. The van der Waals surface area contributed by atoms with E-state index in [1.54, 1.807) is 47.3 Å². The minimum absolute atomic E-state index is 0.156. The monoisotopic (exact) mass is 429 g/mol. The van der Waals surface area contributed by atoms with Gasteiger partial charge in [-0.2, -0.15) is 0 Å². The van der Waals surface area contributed by atoms with Crippen LogP contribution in [0.1, 0.15) is 28.9 Å². The zero-order valence-corrected chi connectivity index (χ0v) is 17.5. The fraction of sp³-hybridized carbons (Fsp3) is 0.200. The van der Waals surface area contributed by atoms with Crippen LogP contribution in [-0.2, 0) is 11.8 Å². The van der Waals surface area contributed by atoms with Crippen LogP contribution in [0.25, 0.3) is 0 Å². The summed E-state index contributed by atoms with van der Waals surface area (Å²) < 4.78 is 1.75. The van der Waals surface area contributed by atoms with Gasteiger partial charge in [0, 0.05) is 23.3 Å². The molecule has 0 saturated carbocycles. The number of thioether (sulfide) groups is 1. The van der Waals surface area contributed by atoms with E-state index >= 15 is 0 Å². The van der Waals surface area contributed by atoms with Crippen molar-refractivity contribution in [2.75, 3.05) is 11.1 Å². The molecule has 9 heteroatoms. The highest BCUT2D eigenvalue weighted by Gasteiger charge is 2.12. The number of rotatable bonds is 7. The predicted molar refractivity (Wildman–Crippen MR) is 114 cm³/mol. The zero-order chi connectivity index (χ0) is 20.8. The number of carbonyl (C=O) groups excluding carboxylic acids is 2. The van der Waals surface area contributed by atoms with Gasteiger partial charge in [-0.3, -0.25) is 9.59 Å². The van der Waals surface area contributed by atoms with Crippen LogP contribution in [0, 0.1) is 0 Å². The van der Waals surface area contributed by atoms with Crippen LogP contribution in [0.2, 0.25) is 5.02 Å². The molecule has 0 saturated heterocycles. The van der Waals surface area contributed by atoms with Crippen LogP contribution in [0.3, 0.4) is 0 Å². The lowest BCUT2D eigenvalue weighted by Gasteiger charge is -2.14. The largest absolute Gasteiger partial charge is 0.346 e. The number of hydrogen-bond donors (Lipinski definition) is 2. The highest BCUT2D eigenvalue weighted by atomic mass is 35.5. The number of nitrogens with one attached hydrogen (secondary N) is 2. The molecule has 2 N–H and O–H groups in total. The van der Waals surface area contributed by atoms with E-state index in [-0.39, 0.29) is 23.6 Å². The predicted octanol–water partition coefficient (Wildman–Crippen LogP) is 3.69. The quantitative estimate of drug-likeness (QED) is 0.559. The molecule has 1 unspecified atom stereocenters. The first kappa shape index (κ1) is 20.9. The molecule has 3 aromatic rings. The molecule has 1 aromatic heterocycles. The number of aromatic nitrogens is 3. The smallest absolute Gasteiger partial charge is 0.251 e. The first-order chi connectivity index (χ1) is 13.9. The van der Waals surface area contributed by atoms with Crippen molar-refractivity contribution in [3.05, 3.63) is 71.0 Å². The summed E-state index contributed by atoms with van der Waals surface area (Å²) in [7, 11) is 1.82. The molecule has 0 fully saturated rings. The van der Waals surface area contributed by atoms with Gasteiger partial charge in [0.05, 0.1) is 11.8 Å². The summed E-state index contributed by atoms with van der Waals surface area (Å²) in [6.07, 6.45) is 1.58. The van der Waals surface area contributed by atoms with E-state index in [0.29, 0.717) is 21.4 Å². The van der Waals surface area contributed by atoms with E-state index in [4.69, 9.17) is 11.6 Å². The van der Waals surface area contributed by atoms with Gasteiger partial charge in [-0.25, -0.2) is 0 Å². The molecule has 2 amide bonds. The molecule has 0 aliphatic heterocycles. The minimum Gasteiger partial charge on any atom is -0.346 e. The Morgan fingerprint density at radius 3 is 2.45 bits per heavy atom. The van der Waals surface area contributed by atoms with Crippen molar-refractivity contribution in [3.63, 3.8) is 0 Å². The van der Waals surface area contributed by atoms with E-state index in [2.05, 4.69) is 20.8 Å². The maximum Gasteiger partial charge on any atom is 0.251 e.